The average molecular weight is 292 g/mol. The zero-order chi connectivity index (χ0) is 15.5. The predicted molar refractivity (Wildman–Crippen MR) is 84.8 cm³/mol. The Morgan fingerprint density at radius 1 is 1.09 bits per heavy atom. The third-order valence-electron chi connectivity index (χ3n) is 3.35. The molecule has 0 saturated carbocycles. The van der Waals surface area contributed by atoms with E-state index < -0.39 is 0 Å². The van der Waals surface area contributed by atoms with Crippen molar-refractivity contribution >= 4 is 5.91 Å². The van der Waals surface area contributed by atoms with Crippen molar-refractivity contribution in [2.24, 2.45) is 0 Å². The van der Waals surface area contributed by atoms with Crippen LogP contribution in [0.25, 0.3) is 16.9 Å². The first-order valence-corrected chi connectivity index (χ1v) is 6.93. The Morgan fingerprint density at radius 2 is 1.86 bits per heavy atom. The van der Waals surface area contributed by atoms with Crippen molar-refractivity contribution in [3.05, 3.63) is 66.6 Å². The first-order valence-electron chi connectivity index (χ1n) is 6.93. The molecule has 0 fully saturated rings. The minimum Gasteiger partial charge on any atom is -0.345 e. The third kappa shape index (κ3) is 2.74. The van der Waals surface area contributed by atoms with Gasteiger partial charge in [-0.1, -0.05) is 12.1 Å². The molecule has 0 aliphatic carbocycles. The number of carbonyl (C=O) groups excluding carboxylic acids is 1. The van der Waals surface area contributed by atoms with E-state index in [-0.39, 0.29) is 5.91 Å². The Hall–Kier alpha value is -2.95. The van der Waals surface area contributed by atoms with Crippen LogP contribution in [0, 0.1) is 0 Å². The summed E-state index contributed by atoms with van der Waals surface area (Å²) in [6.45, 7) is 0. The fraction of sp³-hybridized carbons (Fsp3) is 0.118. The van der Waals surface area contributed by atoms with Crippen LogP contribution in [0.4, 0.5) is 0 Å². The molecule has 0 spiro atoms. The lowest BCUT2D eigenvalue weighted by Crippen LogP contribution is -2.21. The van der Waals surface area contributed by atoms with Crippen LogP contribution in [0.3, 0.4) is 0 Å². The maximum atomic E-state index is 11.8. The fourth-order valence-corrected chi connectivity index (χ4v) is 2.16. The summed E-state index contributed by atoms with van der Waals surface area (Å²) in [5, 5.41) is 4.20. The molecule has 1 aromatic carbocycles. The molecule has 0 N–H and O–H groups in total. The number of pyridine rings is 1. The van der Waals surface area contributed by atoms with E-state index in [1.54, 1.807) is 37.2 Å². The summed E-state index contributed by atoms with van der Waals surface area (Å²) in [5.41, 5.74) is 3.41. The second-order valence-corrected chi connectivity index (χ2v) is 5.13. The van der Waals surface area contributed by atoms with Gasteiger partial charge >= 0.3 is 0 Å². The number of benzene rings is 1. The molecular weight excluding hydrogens is 276 g/mol. The Balaban J connectivity index is 1.84. The van der Waals surface area contributed by atoms with Crippen molar-refractivity contribution in [1.29, 1.82) is 0 Å². The predicted octanol–water partition coefficient (Wildman–Crippen LogP) is 2.64. The van der Waals surface area contributed by atoms with Crippen LogP contribution in [0.2, 0.25) is 0 Å². The first-order chi connectivity index (χ1) is 10.6. The van der Waals surface area contributed by atoms with E-state index in [9.17, 15) is 4.79 Å². The van der Waals surface area contributed by atoms with Crippen LogP contribution < -0.4 is 0 Å². The summed E-state index contributed by atoms with van der Waals surface area (Å²) < 4.78 is 1.80. The molecular formula is C17H16N4O. The van der Waals surface area contributed by atoms with E-state index in [4.69, 9.17) is 0 Å². The third-order valence-corrected chi connectivity index (χ3v) is 3.35. The molecule has 0 aliphatic heterocycles. The van der Waals surface area contributed by atoms with Crippen molar-refractivity contribution in [2.45, 2.75) is 0 Å². The van der Waals surface area contributed by atoms with Crippen molar-refractivity contribution in [3.63, 3.8) is 0 Å². The van der Waals surface area contributed by atoms with E-state index in [0.29, 0.717) is 5.56 Å². The van der Waals surface area contributed by atoms with Crippen LogP contribution in [0.5, 0.6) is 0 Å². The van der Waals surface area contributed by atoms with Gasteiger partial charge in [-0.2, -0.15) is 5.10 Å². The van der Waals surface area contributed by atoms with Crippen molar-refractivity contribution in [3.8, 4) is 16.9 Å². The van der Waals surface area contributed by atoms with Gasteiger partial charge in [-0.3, -0.25) is 9.78 Å². The number of nitrogens with zero attached hydrogens (tertiary/aromatic N) is 4. The van der Waals surface area contributed by atoms with E-state index in [2.05, 4.69) is 10.1 Å². The van der Waals surface area contributed by atoms with Gasteiger partial charge < -0.3 is 4.90 Å². The lowest BCUT2D eigenvalue weighted by atomic mass is 10.1. The Labute approximate surface area is 128 Å². The van der Waals surface area contributed by atoms with E-state index >= 15 is 0 Å². The van der Waals surface area contributed by atoms with Crippen molar-refractivity contribution < 1.29 is 4.79 Å². The highest BCUT2D eigenvalue weighted by atomic mass is 16.2. The van der Waals surface area contributed by atoms with E-state index in [0.717, 1.165) is 16.9 Å². The molecule has 2 heterocycles. The molecule has 5 heteroatoms. The number of rotatable bonds is 3. The second kappa shape index (κ2) is 5.81. The molecule has 2 aromatic heterocycles. The zero-order valence-electron chi connectivity index (χ0n) is 12.5. The van der Waals surface area contributed by atoms with Gasteiger partial charge in [0, 0.05) is 38.2 Å². The standard InChI is InChI=1S/C17H16N4O/c1-20(2)17(22)14-6-9-16(18-12-14)13-4-7-15(8-5-13)21-11-3-10-19-21/h3-12H,1-2H3. The maximum Gasteiger partial charge on any atom is 0.254 e. The first kappa shape index (κ1) is 14.0. The summed E-state index contributed by atoms with van der Waals surface area (Å²) in [5.74, 6) is -0.0481. The van der Waals surface area contributed by atoms with E-state index in [1.807, 2.05) is 42.6 Å². The Kier molecular flexibility index (Phi) is 3.70. The Morgan fingerprint density at radius 3 is 2.41 bits per heavy atom. The minimum absolute atomic E-state index is 0.0481. The number of carbonyl (C=O) groups is 1. The summed E-state index contributed by atoms with van der Waals surface area (Å²) >= 11 is 0. The largest absolute Gasteiger partial charge is 0.345 e. The van der Waals surface area contributed by atoms with Gasteiger partial charge in [0.15, 0.2) is 0 Å². The molecule has 22 heavy (non-hydrogen) atoms. The maximum absolute atomic E-state index is 11.8. The topological polar surface area (TPSA) is 51.0 Å². The molecule has 3 aromatic rings. The SMILES string of the molecule is CN(C)C(=O)c1ccc(-c2ccc(-n3cccn3)cc2)nc1. The lowest BCUT2D eigenvalue weighted by Gasteiger charge is -2.10. The van der Waals surface area contributed by atoms with Gasteiger partial charge in [-0.05, 0) is 30.3 Å². The highest BCUT2D eigenvalue weighted by Gasteiger charge is 2.08. The van der Waals surface area contributed by atoms with Gasteiger partial charge in [0.1, 0.15) is 0 Å². The molecule has 110 valence electrons. The molecule has 1 amide bonds. The number of hydrogen-bond acceptors (Lipinski definition) is 3. The van der Waals surface area contributed by atoms with Gasteiger partial charge in [-0.25, -0.2) is 4.68 Å². The summed E-state index contributed by atoms with van der Waals surface area (Å²) in [6, 6.07) is 13.5. The number of hydrogen-bond donors (Lipinski definition) is 0. The van der Waals surface area contributed by atoms with E-state index in [1.165, 1.54) is 4.90 Å². The van der Waals surface area contributed by atoms with Gasteiger partial charge in [0.05, 0.1) is 16.9 Å². The smallest absolute Gasteiger partial charge is 0.254 e. The molecule has 0 atom stereocenters. The summed E-state index contributed by atoms with van der Waals surface area (Å²) in [4.78, 5) is 17.8. The average Bonchev–Trinajstić information content (AvgIpc) is 3.09. The summed E-state index contributed by atoms with van der Waals surface area (Å²) in [6.07, 6.45) is 5.25. The van der Waals surface area contributed by atoms with Gasteiger partial charge in [0.2, 0.25) is 0 Å². The molecule has 0 bridgehead atoms. The molecule has 3 rings (SSSR count). The normalized spacial score (nSPS) is 10.5. The molecule has 0 saturated heterocycles. The summed E-state index contributed by atoms with van der Waals surface area (Å²) in [7, 11) is 3.45. The van der Waals surface area contributed by atoms with Crippen molar-refractivity contribution in [1.82, 2.24) is 19.7 Å². The minimum atomic E-state index is -0.0481. The Bertz CT molecular complexity index is 759. The molecule has 5 nitrogen and oxygen atoms in total. The fourth-order valence-electron chi connectivity index (χ4n) is 2.16. The number of amides is 1. The van der Waals surface area contributed by atoms with Gasteiger partial charge in [-0.15, -0.1) is 0 Å². The van der Waals surface area contributed by atoms with Gasteiger partial charge in [0.25, 0.3) is 5.91 Å². The van der Waals surface area contributed by atoms with Crippen LogP contribution in [-0.4, -0.2) is 39.7 Å². The number of aromatic nitrogens is 3. The molecule has 0 aliphatic rings. The molecule has 0 unspecified atom stereocenters. The highest BCUT2D eigenvalue weighted by molar-refractivity contribution is 5.93. The van der Waals surface area contributed by atoms with Crippen molar-refractivity contribution in [2.75, 3.05) is 14.1 Å². The monoisotopic (exact) mass is 292 g/mol. The van der Waals surface area contributed by atoms with Crippen LogP contribution in [0.1, 0.15) is 10.4 Å². The zero-order valence-corrected chi connectivity index (χ0v) is 12.5. The second-order valence-electron chi connectivity index (χ2n) is 5.13. The quantitative estimate of drug-likeness (QED) is 0.745. The lowest BCUT2D eigenvalue weighted by molar-refractivity contribution is 0.0827. The molecule has 0 radical (unpaired) electrons. The van der Waals surface area contributed by atoms with Crippen LogP contribution in [-0.2, 0) is 0 Å². The van der Waals surface area contributed by atoms with Crippen LogP contribution >= 0.6 is 0 Å². The highest BCUT2D eigenvalue weighted by Crippen LogP contribution is 2.19. The van der Waals surface area contributed by atoms with Crippen LogP contribution in [0.15, 0.2) is 61.1 Å².